The molecule has 0 unspecified atom stereocenters. The van der Waals surface area contributed by atoms with E-state index in [-0.39, 0.29) is 19.3 Å². The molecule has 0 saturated heterocycles. The van der Waals surface area contributed by atoms with Crippen LogP contribution in [0.1, 0.15) is 17.8 Å². The van der Waals surface area contributed by atoms with Crippen molar-refractivity contribution in [3.05, 3.63) is 66.0 Å². The second-order valence-electron chi connectivity index (χ2n) is 6.87. The van der Waals surface area contributed by atoms with Crippen molar-refractivity contribution in [1.82, 2.24) is 15.5 Å². The van der Waals surface area contributed by atoms with Crippen LogP contribution in [0.2, 0.25) is 0 Å². The van der Waals surface area contributed by atoms with Gasteiger partial charge in [0, 0.05) is 18.4 Å². The van der Waals surface area contributed by atoms with Crippen LogP contribution >= 0.6 is 0 Å². The molecule has 0 spiro atoms. The molecule has 32 heavy (non-hydrogen) atoms. The number of carbonyl (C=O) groups excluding carboxylic acids is 1. The molecule has 12 heteroatoms. The molecule has 0 fully saturated rings. The molecule has 0 aliphatic rings. The smallest absolute Gasteiger partial charge is 0.426 e. The van der Waals surface area contributed by atoms with Crippen LogP contribution in [0.4, 0.5) is 13.2 Å². The fourth-order valence-corrected chi connectivity index (χ4v) is 2.91. The summed E-state index contributed by atoms with van der Waals surface area (Å²) in [6, 6.07) is 14.1. The molecule has 0 saturated carbocycles. The van der Waals surface area contributed by atoms with Gasteiger partial charge in [-0.05, 0) is 36.2 Å². The van der Waals surface area contributed by atoms with Crippen LogP contribution in [-0.2, 0) is 17.6 Å². The van der Waals surface area contributed by atoms with Gasteiger partial charge < -0.3 is 24.6 Å². The van der Waals surface area contributed by atoms with Gasteiger partial charge in [0.15, 0.2) is 5.82 Å². The Morgan fingerprint density at radius 2 is 1.91 bits per heavy atom. The Bertz CT molecular complexity index is 1030. The van der Waals surface area contributed by atoms with Gasteiger partial charge in [-0.1, -0.05) is 35.5 Å². The van der Waals surface area contributed by atoms with E-state index in [0.717, 1.165) is 17.7 Å². The summed E-state index contributed by atoms with van der Waals surface area (Å²) in [6.07, 6.45) is -4.89. The van der Waals surface area contributed by atoms with Crippen molar-refractivity contribution in [3.8, 4) is 17.2 Å². The molecule has 8 nitrogen and oxygen atoms in total. The van der Waals surface area contributed by atoms with E-state index in [1.54, 1.807) is 12.1 Å². The summed E-state index contributed by atoms with van der Waals surface area (Å²) in [5.74, 6) is -1.49. The summed E-state index contributed by atoms with van der Waals surface area (Å²) in [5, 5.41) is 25.4. The SMILES string of the molecule is O=C(CCc1noc(-c2ccccc2)n1)N[C@@H](Cc1cccc(OC(F)(F)F)c1)B(O)O. The van der Waals surface area contributed by atoms with Crippen LogP contribution in [0.25, 0.3) is 11.5 Å². The lowest BCUT2D eigenvalue weighted by molar-refractivity contribution is -0.274. The molecular formula is C20H19BF3N3O5. The highest BCUT2D eigenvalue weighted by molar-refractivity contribution is 6.43. The highest BCUT2D eigenvalue weighted by Gasteiger charge is 2.31. The van der Waals surface area contributed by atoms with Crippen molar-refractivity contribution in [2.75, 3.05) is 0 Å². The number of rotatable bonds is 9. The molecule has 168 valence electrons. The zero-order valence-electron chi connectivity index (χ0n) is 16.6. The number of hydrogen-bond donors (Lipinski definition) is 3. The van der Waals surface area contributed by atoms with Gasteiger partial charge in [0.25, 0.3) is 5.89 Å². The van der Waals surface area contributed by atoms with Crippen LogP contribution in [-0.4, -0.2) is 45.5 Å². The van der Waals surface area contributed by atoms with Gasteiger partial charge in [0.2, 0.25) is 5.91 Å². The number of halogens is 3. The maximum Gasteiger partial charge on any atom is 0.573 e. The predicted molar refractivity (Wildman–Crippen MR) is 107 cm³/mol. The lowest BCUT2D eigenvalue weighted by Gasteiger charge is -2.18. The molecular weight excluding hydrogens is 430 g/mol. The van der Waals surface area contributed by atoms with Crippen molar-refractivity contribution in [2.45, 2.75) is 31.6 Å². The first-order valence-corrected chi connectivity index (χ1v) is 9.58. The minimum atomic E-state index is -4.85. The Morgan fingerprint density at radius 3 is 2.59 bits per heavy atom. The average molecular weight is 449 g/mol. The van der Waals surface area contributed by atoms with Crippen LogP contribution in [0.5, 0.6) is 5.75 Å². The Morgan fingerprint density at radius 1 is 1.16 bits per heavy atom. The largest absolute Gasteiger partial charge is 0.573 e. The summed E-state index contributed by atoms with van der Waals surface area (Å²) in [5.41, 5.74) is 1.05. The van der Waals surface area contributed by atoms with E-state index in [9.17, 15) is 28.0 Å². The number of carbonyl (C=O) groups is 1. The van der Waals surface area contributed by atoms with Gasteiger partial charge in [-0.25, -0.2) is 0 Å². The van der Waals surface area contributed by atoms with Crippen molar-refractivity contribution in [3.63, 3.8) is 0 Å². The molecule has 0 aliphatic heterocycles. The monoisotopic (exact) mass is 449 g/mol. The summed E-state index contributed by atoms with van der Waals surface area (Å²) in [6.45, 7) is 0. The first-order valence-electron chi connectivity index (χ1n) is 9.58. The average Bonchev–Trinajstić information content (AvgIpc) is 3.20. The van der Waals surface area contributed by atoms with Crippen LogP contribution < -0.4 is 10.1 Å². The molecule has 0 aliphatic carbocycles. The Balaban J connectivity index is 1.55. The number of nitrogens with one attached hydrogen (secondary N) is 1. The molecule has 1 atom stereocenters. The van der Waals surface area contributed by atoms with E-state index in [0.29, 0.717) is 17.3 Å². The van der Waals surface area contributed by atoms with Gasteiger partial charge in [-0.15, -0.1) is 13.2 Å². The maximum atomic E-state index is 12.4. The summed E-state index contributed by atoms with van der Waals surface area (Å²) < 4.78 is 46.2. The minimum Gasteiger partial charge on any atom is -0.426 e. The van der Waals surface area contributed by atoms with Gasteiger partial charge in [-0.2, -0.15) is 4.98 Å². The van der Waals surface area contributed by atoms with E-state index in [1.807, 2.05) is 18.2 Å². The van der Waals surface area contributed by atoms with Gasteiger partial charge in [0.1, 0.15) is 5.75 Å². The minimum absolute atomic E-state index is 0.0613. The topological polar surface area (TPSA) is 118 Å². The second-order valence-corrected chi connectivity index (χ2v) is 6.87. The normalized spacial score (nSPS) is 12.3. The number of nitrogens with zero attached hydrogens (tertiary/aromatic N) is 2. The van der Waals surface area contributed by atoms with Gasteiger partial charge in [-0.3, -0.25) is 4.79 Å². The lowest BCUT2D eigenvalue weighted by atomic mass is 9.76. The predicted octanol–water partition coefficient (Wildman–Crippen LogP) is 2.31. The number of ether oxygens (including phenoxy) is 1. The fourth-order valence-electron chi connectivity index (χ4n) is 2.91. The first kappa shape index (κ1) is 23.3. The van der Waals surface area contributed by atoms with Crippen molar-refractivity contribution in [1.29, 1.82) is 0 Å². The third-order valence-electron chi connectivity index (χ3n) is 4.36. The summed E-state index contributed by atoms with van der Waals surface area (Å²) in [7, 11) is -1.93. The molecule has 1 aromatic heterocycles. The first-order chi connectivity index (χ1) is 15.2. The zero-order chi connectivity index (χ0) is 23.1. The maximum absolute atomic E-state index is 12.4. The number of aryl methyl sites for hydroxylation is 1. The van der Waals surface area contributed by atoms with E-state index >= 15 is 0 Å². The third-order valence-corrected chi connectivity index (χ3v) is 4.36. The van der Waals surface area contributed by atoms with E-state index < -0.39 is 31.1 Å². The van der Waals surface area contributed by atoms with Crippen molar-refractivity contribution >= 4 is 13.0 Å². The van der Waals surface area contributed by atoms with Crippen molar-refractivity contribution < 1.29 is 37.3 Å². The van der Waals surface area contributed by atoms with E-state index in [1.165, 1.54) is 12.1 Å². The Labute approximate surface area is 181 Å². The number of amides is 1. The highest BCUT2D eigenvalue weighted by Crippen LogP contribution is 2.24. The second kappa shape index (κ2) is 10.3. The number of hydrogen-bond acceptors (Lipinski definition) is 7. The fraction of sp³-hybridized carbons (Fsp3) is 0.250. The zero-order valence-corrected chi connectivity index (χ0v) is 16.6. The van der Waals surface area contributed by atoms with Crippen LogP contribution in [0, 0.1) is 0 Å². The summed E-state index contributed by atoms with van der Waals surface area (Å²) in [4.78, 5) is 16.5. The Kier molecular flexibility index (Phi) is 7.49. The standard InChI is InChI=1S/C20H19BF3N3O5/c22-20(23,24)31-15-8-4-5-13(11-15)12-16(21(29)30)25-18(28)10-9-17-26-19(32-27-17)14-6-2-1-3-7-14/h1-8,11,16,29-30H,9-10,12H2,(H,25,28)/t16-/m0/s1. The number of aromatic nitrogens is 2. The quantitative estimate of drug-likeness (QED) is 0.429. The molecule has 1 amide bonds. The van der Waals surface area contributed by atoms with Crippen LogP contribution in [0.15, 0.2) is 59.1 Å². The summed E-state index contributed by atoms with van der Waals surface area (Å²) >= 11 is 0. The van der Waals surface area contributed by atoms with Crippen LogP contribution in [0.3, 0.4) is 0 Å². The van der Waals surface area contributed by atoms with E-state index in [4.69, 9.17) is 4.52 Å². The Hall–Kier alpha value is -3.38. The lowest BCUT2D eigenvalue weighted by Crippen LogP contribution is -2.48. The molecule has 3 aromatic rings. The molecule has 0 radical (unpaired) electrons. The van der Waals surface area contributed by atoms with Gasteiger partial charge >= 0.3 is 13.5 Å². The van der Waals surface area contributed by atoms with Crippen molar-refractivity contribution in [2.24, 2.45) is 0 Å². The molecule has 3 N–H and O–H groups in total. The molecule has 1 heterocycles. The molecule has 3 rings (SSSR count). The third kappa shape index (κ3) is 7.10. The molecule has 2 aromatic carbocycles. The van der Waals surface area contributed by atoms with Gasteiger partial charge in [0.05, 0.1) is 5.94 Å². The molecule has 0 bridgehead atoms. The highest BCUT2D eigenvalue weighted by atomic mass is 19.4. The van der Waals surface area contributed by atoms with E-state index in [2.05, 4.69) is 20.2 Å². The number of alkyl halides is 3. The number of benzene rings is 2.